The zero-order chi connectivity index (χ0) is 13.1. The first-order chi connectivity index (χ1) is 8.58. The van der Waals surface area contributed by atoms with Crippen LogP contribution in [0.2, 0.25) is 0 Å². The van der Waals surface area contributed by atoms with Gasteiger partial charge in [-0.25, -0.2) is 0 Å². The van der Waals surface area contributed by atoms with Crippen LogP contribution in [0.15, 0.2) is 24.3 Å². The number of hydrogen-bond acceptors (Lipinski definition) is 3. The van der Waals surface area contributed by atoms with Gasteiger partial charge >= 0.3 is 0 Å². The highest BCUT2D eigenvalue weighted by molar-refractivity contribution is 5.96. The van der Waals surface area contributed by atoms with E-state index in [1.807, 2.05) is 12.1 Å². The van der Waals surface area contributed by atoms with Gasteiger partial charge in [-0.2, -0.15) is 0 Å². The Morgan fingerprint density at radius 3 is 2.47 bits per heavy atom. The number of amides is 2. The number of carbonyl (C=O) groups excluding carboxylic acids is 2. The van der Waals surface area contributed by atoms with Crippen LogP contribution < -0.4 is 16.0 Å². The zero-order valence-electron chi connectivity index (χ0n) is 10.8. The van der Waals surface area contributed by atoms with Crippen LogP contribution >= 0.6 is 12.4 Å². The van der Waals surface area contributed by atoms with Crippen molar-refractivity contribution in [2.45, 2.75) is 25.8 Å². The van der Waals surface area contributed by atoms with Crippen molar-refractivity contribution in [3.05, 3.63) is 24.3 Å². The molecule has 2 amide bonds. The minimum absolute atomic E-state index is 0. The Labute approximate surface area is 118 Å². The molecule has 2 rings (SSSR count). The maximum absolute atomic E-state index is 11.6. The molecule has 0 saturated carbocycles. The lowest BCUT2D eigenvalue weighted by molar-refractivity contribution is -0.117. The van der Waals surface area contributed by atoms with Crippen LogP contribution in [0.4, 0.5) is 11.4 Å². The molecule has 1 aliphatic rings. The molecule has 1 saturated heterocycles. The molecule has 104 valence electrons. The molecule has 1 heterocycles. The normalized spacial score (nSPS) is 15.9. The lowest BCUT2D eigenvalue weighted by Crippen LogP contribution is -2.32. The number of benzene rings is 1. The molecule has 0 aliphatic carbocycles. The Morgan fingerprint density at radius 1 is 1.37 bits per heavy atom. The summed E-state index contributed by atoms with van der Waals surface area (Å²) >= 11 is 0. The second-order valence-corrected chi connectivity index (χ2v) is 4.47. The molecule has 1 fully saturated rings. The van der Waals surface area contributed by atoms with Gasteiger partial charge in [0.15, 0.2) is 0 Å². The standard InChI is InChI=1S/C13H17N3O2.ClH/c1-9(14)13(18)15-10-4-6-11(7-5-10)16-8-2-3-12(16)17;/h4-7,9H,2-3,8,14H2,1H3,(H,15,18);1H. The van der Waals surface area contributed by atoms with E-state index in [9.17, 15) is 9.59 Å². The number of carbonyl (C=O) groups is 2. The number of hydrogen-bond donors (Lipinski definition) is 2. The summed E-state index contributed by atoms with van der Waals surface area (Å²) in [5.41, 5.74) is 7.03. The highest BCUT2D eigenvalue weighted by atomic mass is 35.5. The van der Waals surface area contributed by atoms with Crippen LogP contribution in [0.5, 0.6) is 0 Å². The number of anilines is 2. The molecule has 1 unspecified atom stereocenters. The van der Waals surface area contributed by atoms with Crippen LogP contribution in [0.1, 0.15) is 19.8 Å². The van der Waals surface area contributed by atoms with Gasteiger partial charge in [0.05, 0.1) is 6.04 Å². The largest absolute Gasteiger partial charge is 0.325 e. The number of nitrogens with one attached hydrogen (secondary N) is 1. The van der Waals surface area contributed by atoms with Crippen LogP contribution in [-0.2, 0) is 9.59 Å². The fourth-order valence-electron chi connectivity index (χ4n) is 1.90. The van der Waals surface area contributed by atoms with Gasteiger partial charge < -0.3 is 16.0 Å². The topological polar surface area (TPSA) is 75.4 Å². The molecular formula is C13H18ClN3O2. The highest BCUT2D eigenvalue weighted by Crippen LogP contribution is 2.22. The Bertz CT molecular complexity index is 459. The molecule has 3 N–H and O–H groups in total. The minimum atomic E-state index is -0.537. The molecule has 0 radical (unpaired) electrons. The van der Waals surface area contributed by atoms with E-state index in [0.717, 1.165) is 18.7 Å². The summed E-state index contributed by atoms with van der Waals surface area (Å²) in [7, 11) is 0. The number of nitrogens with two attached hydrogens (primary N) is 1. The molecule has 1 aliphatic heterocycles. The van der Waals surface area contributed by atoms with E-state index in [0.29, 0.717) is 12.1 Å². The van der Waals surface area contributed by atoms with E-state index >= 15 is 0 Å². The summed E-state index contributed by atoms with van der Waals surface area (Å²) in [6, 6.07) is 6.69. The predicted octanol–water partition coefficient (Wildman–Crippen LogP) is 1.52. The van der Waals surface area contributed by atoms with Crippen LogP contribution in [0.25, 0.3) is 0 Å². The summed E-state index contributed by atoms with van der Waals surface area (Å²) in [6.45, 7) is 2.40. The van der Waals surface area contributed by atoms with Gasteiger partial charge in [0, 0.05) is 24.3 Å². The number of halogens is 1. The van der Waals surface area contributed by atoms with Crippen molar-refractivity contribution in [2.24, 2.45) is 5.73 Å². The van der Waals surface area contributed by atoms with Crippen LogP contribution in [0, 0.1) is 0 Å². The second kappa shape index (κ2) is 6.54. The molecule has 19 heavy (non-hydrogen) atoms. The van der Waals surface area contributed by atoms with E-state index in [1.165, 1.54) is 0 Å². The fraction of sp³-hybridized carbons (Fsp3) is 0.385. The zero-order valence-corrected chi connectivity index (χ0v) is 11.6. The van der Waals surface area contributed by atoms with Gasteiger partial charge in [-0.15, -0.1) is 12.4 Å². The third kappa shape index (κ3) is 3.68. The Balaban J connectivity index is 0.00000180. The first-order valence-corrected chi connectivity index (χ1v) is 6.05. The molecule has 0 bridgehead atoms. The van der Waals surface area contributed by atoms with E-state index in [1.54, 1.807) is 24.0 Å². The molecule has 0 aromatic heterocycles. The molecule has 5 nitrogen and oxygen atoms in total. The quantitative estimate of drug-likeness (QED) is 0.883. The van der Waals surface area contributed by atoms with E-state index in [4.69, 9.17) is 5.73 Å². The Hall–Kier alpha value is -1.59. The smallest absolute Gasteiger partial charge is 0.240 e. The molecular weight excluding hydrogens is 266 g/mol. The average molecular weight is 284 g/mol. The van der Waals surface area contributed by atoms with Crippen molar-refractivity contribution < 1.29 is 9.59 Å². The number of nitrogens with zero attached hydrogens (tertiary/aromatic N) is 1. The lowest BCUT2D eigenvalue weighted by atomic mass is 10.2. The van der Waals surface area contributed by atoms with Gasteiger partial charge in [-0.1, -0.05) is 0 Å². The SMILES string of the molecule is CC(N)C(=O)Nc1ccc(N2CCCC2=O)cc1.Cl. The summed E-state index contributed by atoms with van der Waals surface area (Å²) in [6.07, 6.45) is 1.52. The molecule has 0 spiro atoms. The fourth-order valence-corrected chi connectivity index (χ4v) is 1.90. The summed E-state index contributed by atoms with van der Waals surface area (Å²) in [5, 5.41) is 2.70. The van der Waals surface area contributed by atoms with Crippen molar-refractivity contribution in [3.63, 3.8) is 0 Å². The van der Waals surface area contributed by atoms with Crippen molar-refractivity contribution in [1.29, 1.82) is 0 Å². The second-order valence-electron chi connectivity index (χ2n) is 4.47. The molecule has 1 aromatic carbocycles. The van der Waals surface area contributed by atoms with Crippen molar-refractivity contribution in [2.75, 3.05) is 16.8 Å². The van der Waals surface area contributed by atoms with Crippen molar-refractivity contribution >= 4 is 35.6 Å². The number of rotatable bonds is 3. The molecule has 1 atom stereocenters. The molecule has 6 heteroatoms. The predicted molar refractivity (Wildman–Crippen MR) is 77.6 cm³/mol. The average Bonchev–Trinajstić information content (AvgIpc) is 2.76. The van der Waals surface area contributed by atoms with Gasteiger partial charge in [-0.3, -0.25) is 9.59 Å². The molecule has 1 aromatic rings. The van der Waals surface area contributed by atoms with Gasteiger partial charge in [0.25, 0.3) is 0 Å². The first kappa shape index (κ1) is 15.5. The van der Waals surface area contributed by atoms with Gasteiger partial charge in [-0.05, 0) is 37.6 Å². The van der Waals surface area contributed by atoms with Crippen molar-refractivity contribution in [3.8, 4) is 0 Å². The maximum atomic E-state index is 11.6. The Morgan fingerprint density at radius 2 is 2.00 bits per heavy atom. The van der Waals surface area contributed by atoms with Crippen molar-refractivity contribution in [1.82, 2.24) is 0 Å². The van der Waals surface area contributed by atoms with E-state index in [-0.39, 0.29) is 24.2 Å². The summed E-state index contributed by atoms with van der Waals surface area (Å²) in [4.78, 5) is 24.7. The third-order valence-electron chi connectivity index (χ3n) is 2.93. The summed E-state index contributed by atoms with van der Waals surface area (Å²) in [5.74, 6) is -0.0673. The van der Waals surface area contributed by atoms with E-state index in [2.05, 4.69) is 5.32 Å². The maximum Gasteiger partial charge on any atom is 0.240 e. The van der Waals surface area contributed by atoms with Crippen LogP contribution in [0.3, 0.4) is 0 Å². The van der Waals surface area contributed by atoms with Gasteiger partial charge in [0.1, 0.15) is 0 Å². The Kier molecular flexibility index (Phi) is 5.32. The summed E-state index contributed by atoms with van der Waals surface area (Å²) < 4.78 is 0. The lowest BCUT2D eigenvalue weighted by Gasteiger charge is -2.16. The van der Waals surface area contributed by atoms with Crippen LogP contribution in [-0.4, -0.2) is 24.4 Å². The van der Waals surface area contributed by atoms with Gasteiger partial charge in [0.2, 0.25) is 11.8 Å². The highest BCUT2D eigenvalue weighted by Gasteiger charge is 2.21. The monoisotopic (exact) mass is 283 g/mol. The first-order valence-electron chi connectivity index (χ1n) is 6.05. The van der Waals surface area contributed by atoms with E-state index < -0.39 is 6.04 Å². The minimum Gasteiger partial charge on any atom is -0.325 e. The third-order valence-corrected chi connectivity index (χ3v) is 2.93.